The van der Waals surface area contributed by atoms with Crippen molar-refractivity contribution in [1.82, 2.24) is 0 Å². The quantitative estimate of drug-likeness (QED) is 0.523. The van der Waals surface area contributed by atoms with Crippen LogP contribution in [0.2, 0.25) is 0 Å². The summed E-state index contributed by atoms with van der Waals surface area (Å²) in [6, 6.07) is 0. The molecule has 0 radical (unpaired) electrons. The fraction of sp³-hybridized carbons (Fsp3) is 0.545. The molecule has 0 heterocycles. The zero-order valence-corrected chi connectivity index (χ0v) is 10.8. The van der Waals surface area contributed by atoms with Crippen molar-refractivity contribution in [2.45, 2.75) is 20.0 Å². The van der Waals surface area contributed by atoms with Gasteiger partial charge in [-0.05, 0) is 6.92 Å². The Labute approximate surface area is 106 Å². The molecule has 2 N–H and O–H groups in total. The summed E-state index contributed by atoms with van der Waals surface area (Å²) < 4.78 is 13.6. The molecule has 1 amide bonds. The minimum absolute atomic E-state index is 0.113. The van der Waals surface area contributed by atoms with Gasteiger partial charge in [-0.25, -0.2) is 4.79 Å². The predicted octanol–water partition coefficient (Wildman–Crippen LogP) is -0.215. The first-order valence-electron chi connectivity index (χ1n) is 5.13. The lowest BCUT2D eigenvalue weighted by atomic mass is 10.3. The molecular formula is C11H19NO6. The van der Waals surface area contributed by atoms with Gasteiger partial charge in [-0.1, -0.05) is 6.58 Å². The van der Waals surface area contributed by atoms with Crippen LogP contribution in [-0.4, -0.2) is 44.3 Å². The van der Waals surface area contributed by atoms with E-state index in [1.54, 1.807) is 6.92 Å². The highest BCUT2D eigenvalue weighted by Crippen LogP contribution is 1.92. The van der Waals surface area contributed by atoms with Gasteiger partial charge in [-0.3, -0.25) is 9.59 Å². The van der Waals surface area contributed by atoms with Crippen LogP contribution in [0, 0.1) is 0 Å². The van der Waals surface area contributed by atoms with Crippen LogP contribution in [0.3, 0.4) is 0 Å². The van der Waals surface area contributed by atoms with Crippen molar-refractivity contribution in [2.75, 3.05) is 20.3 Å². The number of primary amides is 1. The van der Waals surface area contributed by atoms with E-state index in [2.05, 4.69) is 16.1 Å². The number of ether oxygens (including phenoxy) is 3. The lowest BCUT2D eigenvalue weighted by Crippen LogP contribution is -2.35. The summed E-state index contributed by atoms with van der Waals surface area (Å²) in [5, 5.41) is 0. The lowest BCUT2D eigenvalue weighted by molar-refractivity contribution is -0.148. The summed E-state index contributed by atoms with van der Waals surface area (Å²) >= 11 is 0. The molecular weight excluding hydrogens is 242 g/mol. The molecule has 0 bridgehead atoms. The molecule has 0 fully saturated rings. The Balaban J connectivity index is 0. The maximum Gasteiger partial charge on any atom is 0.329 e. The Hall–Kier alpha value is -1.89. The summed E-state index contributed by atoms with van der Waals surface area (Å²) in [6.07, 6.45) is 0.277. The monoisotopic (exact) mass is 261 g/mol. The first-order chi connectivity index (χ1) is 8.38. The second-order valence-corrected chi connectivity index (χ2v) is 2.88. The maximum atomic E-state index is 10.6. The third-order valence-electron chi connectivity index (χ3n) is 1.49. The molecule has 104 valence electrons. The third-order valence-corrected chi connectivity index (χ3v) is 1.49. The molecule has 0 rings (SSSR count). The van der Waals surface area contributed by atoms with Crippen molar-refractivity contribution in [3.63, 3.8) is 0 Å². The maximum absolute atomic E-state index is 10.6. The number of carbonyl (C=O) groups excluding carboxylic acids is 3. The number of nitrogens with two attached hydrogens (primary N) is 1. The number of amides is 1. The Morgan fingerprint density at radius 1 is 1.39 bits per heavy atom. The standard InChI is InChI=1S/C7H13NO4.C4H6O2/c1-3-11-6(7(8)10)4-12-5(2)9;1-3-4(5)6-2/h6H,3-4H2,1-2H3,(H2,8,10);3H,1H2,2H3. The highest BCUT2D eigenvalue weighted by Gasteiger charge is 2.16. The molecule has 1 atom stereocenters. The zero-order valence-electron chi connectivity index (χ0n) is 10.8. The van der Waals surface area contributed by atoms with E-state index in [0.29, 0.717) is 6.61 Å². The van der Waals surface area contributed by atoms with Gasteiger partial charge in [-0.15, -0.1) is 0 Å². The molecule has 0 aliphatic carbocycles. The Morgan fingerprint density at radius 3 is 2.17 bits per heavy atom. The number of hydrogen-bond acceptors (Lipinski definition) is 6. The SMILES string of the molecule is C=CC(=O)OC.CCOC(COC(C)=O)C(N)=O. The molecule has 0 aromatic rings. The van der Waals surface area contributed by atoms with Crippen molar-refractivity contribution in [2.24, 2.45) is 5.73 Å². The van der Waals surface area contributed by atoms with Crippen molar-refractivity contribution in [3.05, 3.63) is 12.7 Å². The van der Waals surface area contributed by atoms with Crippen LogP contribution in [0.5, 0.6) is 0 Å². The van der Waals surface area contributed by atoms with Gasteiger partial charge in [-0.2, -0.15) is 0 Å². The van der Waals surface area contributed by atoms with E-state index >= 15 is 0 Å². The van der Waals surface area contributed by atoms with Crippen LogP contribution in [0.4, 0.5) is 0 Å². The topological polar surface area (TPSA) is 105 Å². The molecule has 0 aliphatic rings. The fourth-order valence-corrected chi connectivity index (χ4v) is 0.690. The zero-order chi connectivity index (χ0) is 14.6. The van der Waals surface area contributed by atoms with Crippen LogP contribution >= 0.6 is 0 Å². The van der Waals surface area contributed by atoms with E-state index in [9.17, 15) is 14.4 Å². The van der Waals surface area contributed by atoms with Gasteiger partial charge in [0.2, 0.25) is 5.91 Å². The van der Waals surface area contributed by atoms with E-state index in [4.69, 9.17) is 10.5 Å². The molecule has 0 aliphatic heterocycles. The van der Waals surface area contributed by atoms with E-state index in [1.807, 2.05) is 0 Å². The number of carbonyl (C=O) groups is 3. The molecule has 7 heteroatoms. The third kappa shape index (κ3) is 12.2. The van der Waals surface area contributed by atoms with Crippen LogP contribution in [0.15, 0.2) is 12.7 Å². The van der Waals surface area contributed by atoms with Gasteiger partial charge in [0.25, 0.3) is 0 Å². The Morgan fingerprint density at radius 2 is 1.94 bits per heavy atom. The largest absolute Gasteiger partial charge is 0.466 e. The van der Waals surface area contributed by atoms with Gasteiger partial charge < -0.3 is 19.9 Å². The number of rotatable bonds is 6. The highest BCUT2D eigenvalue weighted by atomic mass is 16.6. The smallest absolute Gasteiger partial charge is 0.329 e. The number of esters is 2. The van der Waals surface area contributed by atoms with Crippen molar-refractivity contribution >= 4 is 17.8 Å². The average Bonchev–Trinajstić information content (AvgIpc) is 2.33. The summed E-state index contributed by atoms with van der Waals surface area (Å²) in [5.41, 5.74) is 4.95. The second kappa shape index (κ2) is 11.6. The molecule has 1 unspecified atom stereocenters. The summed E-state index contributed by atoms with van der Waals surface area (Å²) in [5.74, 6) is -1.48. The van der Waals surface area contributed by atoms with Crippen molar-refractivity contribution in [1.29, 1.82) is 0 Å². The Bertz CT molecular complexity index is 289. The van der Waals surface area contributed by atoms with E-state index < -0.39 is 23.9 Å². The van der Waals surface area contributed by atoms with Gasteiger partial charge in [0, 0.05) is 19.6 Å². The molecule has 0 saturated heterocycles. The molecule has 0 spiro atoms. The fourth-order valence-electron chi connectivity index (χ4n) is 0.690. The number of methoxy groups -OCH3 is 1. The Kier molecular flexibility index (Phi) is 11.9. The first-order valence-corrected chi connectivity index (χ1v) is 5.13. The van der Waals surface area contributed by atoms with Crippen molar-refractivity contribution in [3.8, 4) is 0 Å². The van der Waals surface area contributed by atoms with E-state index in [1.165, 1.54) is 14.0 Å². The van der Waals surface area contributed by atoms with Crippen LogP contribution in [-0.2, 0) is 28.6 Å². The van der Waals surface area contributed by atoms with Crippen LogP contribution in [0.25, 0.3) is 0 Å². The molecule has 0 saturated carbocycles. The lowest BCUT2D eigenvalue weighted by Gasteiger charge is -2.12. The van der Waals surface area contributed by atoms with Crippen LogP contribution in [0.1, 0.15) is 13.8 Å². The van der Waals surface area contributed by atoms with Gasteiger partial charge in [0.1, 0.15) is 6.61 Å². The molecule has 0 aromatic carbocycles. The highest BCUT2D eigenvalue weighted by molar-refractivity contribution is 5.81. The molecule has 7 nitrogen and oxygen atoms in total. The summed E-state index contributed by atoms with van der Waals surface area (Å²) in [6.45, 7) is 6.38. The van der Waals surface area contributed by atoms with Crippen LogP contribution < -0.4 is 5.73 Å². The van der Waals surface area contributed by atoms with Gasteiger partial charge in [0.15, 0.2) is 6.10 Å². The summed E-state index contributed by atoms with van der Waals surface area (Å²) in [4.78, 5) is 30.8. The number of hydrogen-bond donors (Lipinski definition) is 1. The minimum Gasteiger partial charge on any atom is -0.466 e. The van der Waals surface area contributed by atoms with Crippen molar-refractivity contribution < 1.29 is 28.6 Å². The molecule has 0 aromatic heterocycles. The van der Waals surface area contributed by atoms with Gasteiger partial charge >= 0.3 is 11.9 Å². The minimum atomic E-state index is -0.834. The van der Waals surface area contributed by atoms with E-state index in [-0.39, 0.29) is 6.61 Å². The first kappa shape index (κ1) is 18.5. The molecule has 18 heavy (non-hydrogen) atoms. The average molecular weight is 261 g/mol. The predicted molar refractivity (Wildman–Crippen MR) is 63.5 cm³/mol. The second-order valence-electron chi connectivity index (χ2n) is 2.88. The van der Waals surface area contributed by atoms with E-state index in [0.717, 1.165) is 6.08 Å². The normalized spacial score (nSPS) is 10.4. The van der Waals surface area contributed by atoms with Gasteiger partial charge in [0.05, 0.1) is 7.11 Å². The summed E-state index contributed by atoms with van der Waals surface area (Å²) in [7, 11) is 1.31.